The fraction of sp³-hybridized carbons (Fsp3) is 0.500. The Morgan fingerprint density at radius 3 is 2.35 bits per heavy atom. The molecule has 92 valence electrons. The van der Waals surface area contributed by atoms with Gasteiger partial charge in [-0.2, -0.15) is 0 Å². The summed E-state index contributed by atoms with van der Waals surface area (Å²) in [5.41, 5.74) is -0.319. The molecule has 0 radical (unpaired) electrons. The van der Waals surface area contributed by atoms with Crippen LogP contribution in [0.3, 0.4) is 0 Å². The molecule has 1 fully saturated rings. The van der Waals surface area contributed by atoms with E-state index in [2.05, 4.69) is 5.16 Å². The van der Waals surface area contributed by atoms with Crippen molar-refractivity contribution in [3.63, 3.8) is 0 Å². The zero-order valence-electron chi connectivity index (χ0n) is 9.92. The van der Waals surface area contributed by atoms with Crippen LogP contribution in [0.25, 0.3) is 0 Å². The first-order valence-electron chi connectivity index (χ1n) is 6.24. The van der Waals surface area contributed by atoms with Crippen LogP contribution in [0.15, 0.2) is 35.5 Å². The third kappa shape index (κ3) is 2.50. The van der Waals surface area contributed by atoms with Crippen LogP contribution in [0.1, 0.15) is 37.7 Å². The van der Waals surface area contributed by atoms with Gasteiger partial charge in [-0.15, -0.1) is 0 Å². The Hall–Kier alpha value is -1.35. The number of rotatable bonds is 3. The summed E-state index contributed by atoms with van der Waals surface area (Å²) in [5, 5.41) is 22.7. The third-order valence-corrected chi connectivity index (χ3v) is 3.72. The lowest BCUT2D eigenvalue weighted by Crippen LogP contribution is -2.38. The first kappa shape index (κ1) is 12.1. The number of nitrogens with zero attached hydrogens (tertiary/aromatic N) is 1. The van der Waals surface area contributed by atoms with Gasteiger partial charge in [-0.05, 0) is 24.3 Å². The second-order valence-electron chi connectivity index (χ2n) is 4.77. The first-order valence-corrected chi connectivity index (χ1v) is 6.24. The topological polar surface area (TPSA) is 52.8 Å². The van der Waals surface area contributed by atoms with Gasteiger partial charge in [-0.3, -0.25) is 0 Å². The summed E-state index contributed by atoms with van der Waals surface area (Å²) >= 11 is 0. The molecule has 1 aromatic carbocycles. The van der Waals surface area contributed by atoms with Gasteiger partial charge in [0.25, 0.3) is 0 Å². The number of oxime groups is 1. The summed E-state index contributed by atoms with van der Waals surface area (Å²) in [7, 11) is 0. The lowest BCUT2D eigenvalue weighted by Gasteiger charge is -2.35. The molecule has 2 N–H and O–H groups in total. The zero-order chi connectivity index (χ0) is 12.1. The van der Waals surface area contributed by atoms with E-state index in [4.69, 9.17) is 5.21 Å². The van der Waals surface area contributed by atoms with E-state index >= 15 is 0 Å². The molecular formula is C14H19NO2. The largest absolute Gasteiger partial charge is 0.411 e. The monoisotopic (exact) mass is 233 g/mol. The van der Waals surface area contributed by atoms with Gasteiger partial charge >= 0.3 is 0 Å². The molecule has 0 spiro atoms. The minimum atomic E-state index is -1.13. The molecule has 0 amide bonds. The fourth-order valence-electron chi connectivity index (χ4n) is 2.75. The van der Waals surface area contributed by atoms with E-state index < -0.39 is 5.60 Å². The molecule has 1 saturated carbocycles. The van der Waals surface area contributed by atoms with Crippen LogP contribution in [0.5, 0.6) is 0 Å². The SMILES string of the molecule is O/N=C/[C@](O)(c1ccccc1)C1CCCCC1. The molecule has 17 heavy (non-hydrogen) atoms. The van der Waals surface area contributed by atoms with E-state index in [9.17, 15) is 5.11 Å². The highest BCUT2D eigenvalue weighted by atomic mass is 16.4. The lowest BCUT2D eigenvalue weighted by atomic mass is 9.74. The van der Waals surface area contributed by atoms with E-state index in [-0.39, 0.29) is 5.92 Å². The van der Waals surface area contributed by atoms with Gasteiger partial charge in [-0.1, -0.05) is 54.8 Å². The fourth-order valence-corrected chi connectivity index (χ4v) is 2.75. The molecule has 3 heteroatoms. The molecule has 0 heterocycles. The van der Waals surface area contributed by atoms with E-state index in [1.807, 2.05) is 30.3 Å². The summed E-state index contributed by atoms with van der Waals surface area (Å²) < 4.78 is 0. The van der Waals surface area contributed by atoms with Crippen LogP contribution in [-0.2, 0) is 5.60 Å². The van der Waals surface area contributed by atoms with Crippen molar-refractivity contribution in [2.75, 3.05) is 0 Å². The second-order valence-corrected chi connectivity index (χ2v) is 4.77. The molecule has 2 rings (SSSR count). The molecule has 1 aromatic rings. The minimum absolute atomic E-state index is 0.148. The molecule has 1 aliphatic carbocycles. The summed E-state index contributed by atoms with van der Waals surface area (Å²) in [4.78, 5) is 0. The number of benzene rings is 1. The number of hydrogen-bond donors (Lipinski definition) is 2. The predicted octanol–water partition coefficient (Wildman–Crippen LogP) is 2.91. The number of aliphatic hydroxyl groups is 1. The normalized spacial score (nSPS) is 21.5. The average molecular weight is 233 g/mol. The molecule has 1 aliphatic rings. The molecular weight excluding hydrogens is 214 g/mol. The van der Waals surface area contributed by atoms with Gasteiger partial charge in [0.2, 0.25) is 0 Å². The second kappa shape index (κ2) is 5.32. The summed E-state index contributed by atoms with van der Waals surface area (Å²) in [5.74, 6) is 0.148. The maximum Gasteiger partial charge on any atom is 0.131 e. The maximum absolute atomic E-state index is 10.8. The van der Waals surface area contributed by atoms with Gasteiger partial charge < -0.3 is 10.3 Å². The molecule has 0 aliphatic heterocycles. The molecule has 0 aromatic heterocycles. The predicted molar refractivity (Wildman–Crippen MR) is 67.2 cm³/mol. The van der Waals surface area contributed by atoms with Gasteiger partial charge in [0.15, 0.2) is 0 Å². The van der Waals surface area contributed by atoms with Crippen molar-refractivity contribution in [1.82, 2.24) is 0 Å². The molecule has 0 bridgehead atoms. The third-order valence-electron chi connectivity index (χ3n) is 3.72. The van der Waals surface area contributed by atoms with Crippen LogP contribution in [0.4, 0.5) is 0 Å². The van der Waals surface area contributed by atoms with Crippen LogP contribution in [-0.4, -0.2) is 16.5 Å². The summed E-state index contributed by atoms with van der Waals surface area (Å²) in [6, 6.07) is 9.48. The Labute approximate surface area is 102 Å². The zero-order valence-corrected chi connectivity index (χ0v) is 9.92. The Kier molecular flexibility index (Phi) is 3.79. The van der Waals surface area contributed by atoms with Gasteiger partial charge in [0.05, 0.1) is 6.21 Å². The van der Waals surface area contributed by atoms with E-state index in [1.54, 1.807) is 0 Å². The van der Waals surface area contributed by atoms with Crippen molar-refractivity contribution < 1.29 is 10.3 Å². The highest BCUT2D eigenvalue weighted by molar-refractivity contribution is 5.71. The molecule has 3 nitrogen and oxygen atoms in total. The summed E-state index contributed by atoms with van der Waals surface area (Å²) in [6.07, 6.45) is 6.75. The standard InChI is InChI=1S/C14H19NO2/c16-14(11-15-17,12-7-3-1-4-8-12)13-9-5-2-6-10-13/h1,3-4,7-8,11,13,16-17H,2,5-6,9-10H2/b15-11+/t14-/m0/s1. The van der Waals surface area contributed by atoms with Crippen molar-refractivity contribution in [1.29, 1.82) is 0 Å². The Morgan fingerprint density at radius 2 is 1.76 bits per heavy atom. The molecule has 0 unspecified atom stereocenters. The van der Waals surface area contributed by atoms with Crippen LogP contribution >= 0.6 is 0 Å². The molecule has 0 saturated heterocycles. The minimum Gasteiger partial charge on any atom is -0.411 e. The van der Waals surface area contributed by atoms with Crippen molar-refractivity contribution in [3.8, 4) is 0 Å². The average Bonchev–Trinajstić information content (AvgIpc) is 2.41. The summed E-state index contributed by atoms with van der Waals surface area (Å²) in [6.45, 7) is 0. The van der Waals surface area contributed by atoms with Crippen LogP contribution in [0, 0.1) is 5.92 Å². The first-order chi connectivity index (χ1) is 8.27. The van der Waals surface area contributed by atoms with Gasteiger partial charge in [0.1, 0.15) is 5.60 Å². The highest BCUT2D eigenvalue weighted by Gasteiger charge is 2.37. The highest BCUT2D eigenvalue weighted by Crippen LogP contribution is 2.38. The smallest absolute Gasteiger partial charge is 0.131 e. The van der Waals surface area contributed by atoms with E-state index in [0.717, 1.165) is 31.2 Å². The van der Waals surface area contributed by atoms with Crippen molar-refractivity contribution in [3.05, 3.63) is 35.9 Å². The van der Waals surface area contributed by atoms with E-state index in [1.165, 1.54) is 12.6 Å². The van der Waals surface area contributed by atoms with Crippen LogP contribution in [0.2, 0.25) is 0 Å². The van der Waals surface area contributed by atoms with Gasteiger partial charge in [-0.25, -0.2) is 0 Å². The number of hydrogen-bond acceptors (Lipinski definition) is 3. The molecule has 1 atom stereocenters. The lowest BCUT2D eigenvalue weighted by molar-refractivity contribution is 0.0281. The quantitative estimate of drug-likeness (QED) is 0.479. The maximum atomic E-state index is 10.8. The van der Waals surface area contributed by atoms with Crippen molar-refractivity contribution in [2.45, 2.75) is 37.7 Å². The van der Waals surface area contributed by atoms with Crippen molar-refractivity contribution >= 4 is 6.21 Å². The van der Waals surface area contributed by atoms with E-state index in [0.29, 0.717) is 0 Å². The van der Waals surface area contributed by atoms with Gasteiger partial charge in [0, 0.05) is 0 Å². The Bertz CT molecular complexity index is 371. The van der Waals surface area contributed by atoms with Crippen LogP contribution < -0.4 is 0 Å². The Morgan fingerprint density at radius 1 is 1.12 bits per heavy atom. The van der Waals surface area contributed by atoms with Crippen molar-refractivity contribution in [2.24, 2.45) is 11.1 Å². The Balaban J connectivity index is 2.31.